The van der Waals surface area contributed by atoms with E-state index < -0.39 is 17.9 Å². The Morgan fingerprint density at radius 2 is 2.04 bits per heavy atom. The van der Waals surface area contributed by atoms with Gasteiger partial charge in [-0.2, -0.15) is 5.10 Å². The fourth-order valence-electron chi connectivity index (χ4n) is 3.02. The Hall–Kier alpha value is -2.48. The number of oxime groups is 1. The third-order valence-electron chi connectivity index (χ3n) is 4.39. The van der Waals surface area contributed by atoms with Crippen molar-refractivity contribution in [3.63, 3.8) is 0 Å². The summed E-state index contributed by atoms with van der Waals surface area (Å²) in [7, 11) is 1.81. The van der Waals surface area contributed by atoms with Crippen LogP contribution in [-0.2, 0) is 21.5 Å². The number of carbonyl (C=O) groups is 2. The quantitative estimate of drug-likeness (QED) is 0.734. The normalized spacial score (nSPS) is 22.6. The van der Waals surface area contributed by atoms with Crippen LogP contribution in [0.1, 0.15) is 11.3 Å². The van der Waals surface area contributed by atoms with Crippen molar-refractivity contribution in [1.82, 2.24) is 9.78 Å². The fourth-order valence-corrected chi connectivity index (χ4v) is 3.41. The first kappa shape index (κ1) is 15.1. The second-order valence-corrected chi connectivity index (χ2v) is 6.65. The number of anilines is 1. The molecule has 1 aromatic carbocycles. The number of aryl methyl sites for hydroxylation is 1. The van der Waals surface area contributed by atoms with Crippen LogP contribution in [0.3, 0.4) is 0 Å². The van der Waals surface area contributed by atoms with Gasteiger partial charge in [0.2, 0.25) is 12.0 Å². The molecule has 0 saturated carbocycles. The molecule has 1 saturated heterocycles. The second kappa shape index (κ2) is 5.27. The Kier molecular flexibility index (Phi) is 3.31. The molecule has 7 nitrogen and oxygen atoms in total. The van der Waals surface area contributed by atoms with Crippen LogP contribution in [0.2, 0.25) is 0 Å². The molecule has 24 heavy (non-hydrogen) atoms. The number of amides is 2. The second-order valence-electron chi connectivity index (χ2n) is 5.74. The highest BCUT2D eigenvalue weighted by Gasteiger charge is 2.56. The lowest BCUT2D eigenvalue weighted by atomic mass is 9.94. The van der Waals surface area contributed by atoms with Crippen molar-refractivity contribution in [3.05, 3.63) is 46.2 Å². The molecular formula is C16H13BrN4O3. The molecule has 1 aromatic heterocycles. The number of nitrogens with zero attached hydrogens (tertiary/aromatic N) is 4. The molecule has 0 unspecified atom stereocenters. The number of rotatable bonds is 2. The molecular weight excluding hydrogens is 376 g/mol. The van der Waals surface area contributed by atoms with Crippen LogP contribution in [0.5, 0.6) is 0 Å². The molecule has 0 bridgehead atoms. The van der Waals surface area contributed by atoms with Gasteiger partial charge in [-0.15, -0.1) is 0 Å². The zero-order chi connectivity index (χ0) is 17.0. The van der Waals surface area contributed by atoms with E-state index in [0.717, 1.165) is 15.7 Å². The maximum absolute atomic E-state index is 12.9. The smallest absolute Gasteiger partial charge is 0.278 e. The Balaban J connectivity index is 1.74. The molecule has 0 N–H and O–H groups in total. The third-order valence-corrected chi connectivity index (χ3v) is 4.88. The highest BCUT2D eigenvalue weighted by atomic mass is 79.9. The summed E-state index contributed by atoms with van der Waals surface area (Å²) in [4.78, 5) is 32.0. The Bertz CT molecular complexity index is 904. The zero-order valence-corrected chi connectivity index (χ0v) is 14.5. The predicted octanol–water partition coefficient (Wildman–Crippen LogP) is 1.78. The topological polar surface area (TPSA) is 76.8 Å². The van der Waals surface area contributed by atoms with E-state index >= 15 is 0 Å². The van der Waals surface area contributed by atoms with Gasteiger partial charge in [0.1, 0.15) is 11.6 Å². The first-order valence-corrected chi connectivity index (χ1v) is 8.14. The SMILES string of the molecule is Cc1c(C2=NO[C@H]3C(=O)N(c4cccc(Br)c4)C(=O)[C@@H]23)cnn1C. The van der Waals surface area contributed by atoms with Crippen LogP contribution in [0.25, 0.3) is 0 Å². The molecule has 2 aliphatic heterocycles. The molecule has 3 heterocycles. The van der Waals surface area contributed by atoms with Crippen LogP contribution >= 0.6 is 15.9 Å². The van der Waals surface area contributed by atoms with Crippen molar-refractivity contribution >= 4 is 39.1 Å². The maximum Gasteiger partial charge on any atom is 0.278 e. The molecule has 122 valence electrons. The molecule has 8 heteroatoms. The standard InChI is InChI=1S/C16H13BrN4O3/c1-8-11(7-18-20(8)2)13-12-14(24-19-13)16(23)21(15(12)22)10-5-3-4-9(17)6-10/h3-7,12,14H,1-2H3/t12-,14+/m0/s1. The van der Waals surface area contributed by atoms with Crippen molar-refractivity contribution in [3.8, 4) is 0 Å². The first-order chi connectivity index (χ1) is 11.5. The van der Waals surface area contributed by atoms with Crippen molar-refractivity contribution in [2.45, 2.75) is 13.0 Å². The number of carbonyl (C=O) groups excluding carboxylic acids is 2. The summed E-state index contributed by atoms with van der Waals surface area (Å²) in [5, 5.41) is 8.17. The summed E-state index contributed by atoms with van der Waals surface area (Å²) < 4.78 is 2.48. The zero-order valence-electron chi connectivity index (χ0n) is 12.9. The molecule has 2 aliphatic rings. The first-order valence-electron chi connectivity index (χ1n) is 7.35. The minimum atomic E-state index is -0.911. The van der Waals surface area contributed by atoms with Gasteiger partial charge in [0.25, 0.3) is 5.91 Å². The molecule has 4 rings (SSSR count). The van der Waals surface area contributed by atoms with E-state index in [0.29, 0.717) is 11.4 Å². The van der Waals surface area contributed by atoms with Gasteiger partial charge in [-0.3, -0.25) is 14.3 Å². The van der Waals surface area contributed by atoms with E-state index in [4.69, 9.17) is 4.84 Å². The number of fused-ring (bicyclic) bond motifs is 1. The average molecular weight is 389 g/mol. The molecule has 1 fully saturated rings. The van der Waals surface area contributed by atoms with Gasteiger partial charge >= 0.3 is 0 Å². The number of benzene rings is 1. The van der Waals surface area contributed by atoms with Crippen LogP contribution in [0, 0.1) is 12.8 Å². The van der Waals surface area contributed by atoms with Gasteiger partial charge in [-0.25, -0.2) is 4.90 Å². The molecule has 0 aliphatic carbocycles. The summed E-state index contributed by atoms with van der Waals surface area (Å²) in [6, 6.07) is 7.05. The number of halogens is 1. The molecule has 0 radical (unpaired) electrons. The number of imide groups is 1. The highest BCUT2D eigenvalue weighted by Crippen LogP contribution is 2.36. The molecule has 2 aromatic rings. The lowest BCUT2D eigenvalue weighted by molar-refractivity contribution is -0.126. The van der Waals surface area contributed by atoms with E-state index in [2.05, 4.69) is 26.2 Å². The minimum absolute atomic E-state index is 0.331. The van der Waals surface area contributed by atoms with Crippen LogP contribution in [0.4, 0.5) is 5.69 Å². The largest absolute Gasteiger partial charge is 0.381 e. The van der Waals surface area contributed by atoms with Gasteiger partial charge in [0.15, 0.2) is 0 Å². The summed E-state index contributed by atoms with van der Waals surface area (Å²) in [5.74, 6) is -1.47. The van der Waals surface area contributed by atoms with Gasteiger partial charge in [-0.05, 0) is 25.1 Å². The van der Waals surface area contributed by atoms with E-state index in [1.54, 1.807) is 29.1 Å². The maximum atomic E-state index is 12.9. The van der Waals surface area contributed by atoms with E-state index in [1.807, 2.05) is 20.0 Å². The van der Waals surface area contributed by atoms with Crippen molar-refractivity contribution in [1.29, 1.82) is 0 Å². The van der Waals surface area contributed by atoms with Gasteiger partial charge < -0.3 is 4.84 Å². The fraction of sp³-hybridized carbons (Fsp3) is 0.250. The van der Waals surface area contributed by atoms with E-state index in [1.165, 1.54) is 4.90 Å². The molecule has 2 amide bonds. The van der Waals surface area contributed by atoms with E-state index in [9.17, 15) is 9.59 Å². The number of hydrogen-bond acceptors (Lipinski definition) is 5. The monoisotopic (exact) mass is 388 g/mol. The number of hydrogen-bond donors (Lipinski definition) is 0. The summed E-state index contributed by atoms with van der Waals surface area (Å²) in [6.07, 6.45) is 0.727. The van der Waals surface area contributed by atoms with Gasteiger partial charge in [0.05, 0.1) is 11.9 Å². The van der Waals surface area contributed by atoms with Crippen LogP contribution < -0.4 is 4.90 Å². The Morgan fingerprint density at radius 3 is 2.71 bits per heavy atom. The van der Waals surface area contributed by atoms with Crippen LogP contribution in [0.15, 0.2) is 40.1 Å². The van der Waals surface area contributed by atoms with E-state index in [-0.39, 0.29) is 5.91 Å². The molecule has 2 atom stereocenters. The minimum Gasteiger partial charge on any atom is -0.381 e. The Morgan fingerprint density at radius 1 is 1.25 bits per heavy atom. The molecule has 0 spiro atoms. The lowest BCUT2D eigenvalue weighted by Crippen LogP contribution is -2.33. The van der Waals surface area contributed by atoms with Gasteiger partial charge in [0, 0.05) is 22.8 Å². The summed E-state index contributed by atoms with van der Waals surface area (Å²) >= 11 is 3.36. The summed E-state index contributed by atoms with van der Waals surface area (Å²) in [5.41, 5.74) is 2.56. The number of aromatic nitrogens is 2. The van der Waals surface area contributed by atoms with Crippen LogP contribution in [-0.4, -0.2) is 33.4 Å². The van der Waals surface area contributed by atoms with Crippen molar-refractivity contribution in [2.75, 3.05) is 4.90 Å². The predicted molar refractivity (Wildman–Crippen MR) is 89.5 cm³/mol. The summed E-state index contributed by atoms with van der Waals surface area (Å²) in [6.45, 7) is 1.88. The highest BCUT2D eigenvalue weighted by molar-refractivity contribution is 9.10. The third kappa shape index (κ3) is 2.02. The van der Waals surface area contributed by atoms with Crippen molar-refractivity contribution in [2.24, 2.45) is 18.1 Å². The van der Waals surface area contributed by atoms with Gasteiger partial charge in [-0.1, -0.05) is 27.2 Å². The lowest BCUT2D eigenvalue weighted by Gasteiger charge is -2.15. The Labute approximate surface area is 146 Å². The average Bonchev–Trinajstić information content (AvgIpc) is 3.18. The van der Waals surface area contributed by atoms with Crippen molar-refractivity contribution < 1.29 is 14.4 Å².